The molecule has 24 heavy (non-hydrogen) atoms. The number of nitrogens with one attached hydrogen (secondary N) is 2. The van der Waals surface area contributed by atoms with Crippen molar-refractivity contribution in [2.24, 2.45) is 0 Å². The molecule has 2 aromatic rings. The third kappa shape index (κ3) is 4.77. The maximum atomic E-state index is 12.8. The fourth-order valence-electron chi connectivity index (χ4n) is 1.95. The van der Waals surface area contributed by atoms with E-state index in [9.17, 15) is 17.6 Å². The molecule has 0 spiro atoms. The lowest BCUT2D eigenvalue weighted by atomic mass is 10.2. The standard InChI is InChI=1S/C16H16ClFN2O3S/c1-11-14(17)3-2-4-15(11)20-16(21)9-10-19-24(22,23)13-7-5-12(18)6-8-13/h2-8,19H,9-10H2,1H3,(H,20,21). The molecule has 0 fully saturated rings. The summed E-state index contributed by atoms with van der Waals surface area (Å²) in [6, 6.07) is 9.57. The minimum absolute atomic E-state index is 0.0492. The van der Waals surface area contributed by atoms with Crippen LogP contribution < -0.4 is 10.0 Å². The Morgan fingerprint density at radius 3 is 2.50 bits per heavy atom. The van der Waals surface area contributed by atoms with E-state index in [-0.39, 0.29) is 23.8 Å². The van der Waals surface area contributed by atoms with Crippen LogP contribution in [0.25, 0.3) is 0 Å². The van der Waals surface area contributed by atoms with Crippen LogP contribution in [0.3, 0.4) is 0 Å². The molecule has 2 rings (SSSR count). The Morgan fingerprint density at radius 2 is 1.83 bits per heavy atom. The van der Waals surface area contributed by atoms with E-state index in [1.807, 2.05) is 0 Å². The summed E-state index contributed by atoms with van der Waals surface area (Å²) in [6.07, 6.45) is -0.0492. The molecule has 0 atom stereocenters. The van der Waals surface area contributed by atoms with Crippen LogP contribution in [0.2, 0.25) is 5.02 Å². The number of hydrogen-bond donors (Lipinski definition) is 2. The van der Waals surface area contributed by atoms with Gasteiger partial charge in [-0.25, -0.2) is 17.5 Å². The maximum absolute atomic E-state index is 12.8. The van der Waals surface area contributed by atoms with Crippen LogP contribution in [0.4, 0.5) is 10.1 Å². The predicted octanol–water partition coefficient (Wildman–Crippen LogP) is 3.09. The second-order valence-corrected chi connectivity index (χ2v) is 7.24. The summed E-state index contributed by atoms with van der Waals surface area (Å²) in [5.74, 6) is -0.868. The van der Waals surface area contributed by atoms with E-state index in [1.54, 1.807) is 25.1 Å². The van der Waals surface area contributed by atoms with Crippen molar-refractivity contribution in [2.45, 2.75) is 18.2 Å². The first-order chi connectivity index (χ1) is 11.3. The highest BCUT2D eigenvalue weighted by molar-refractivity contribution is 7.89. The summed E-state index contributed by atoms with van der Waals surface area (Å²) in [5, 5.41) is 3.21. The first-order valence-corrected chi connectivity index (χ1v) is 8.96. The van der Waals surface area contributed by atoms with E-state index in [0.29, 0.717) is 10.7 Å². The van der Waals surface area contributed by atoms with Crippen molar-refractivity contribution in [3.63, 3.8) is 0 Å². The molecule has 8 heteroatoms. The van der Waals surface area contributed by atoms with E-state index in [4.69, 9.17) is 11.6 Å². The smallest absolute Gasteiger partial charge is 0.240 e. The summed E-state index contributed by atoms with van der Waals surface area (Å²) in [6.45, 7) is 1.69. The van der Waals surface area contributed by atoms with Gasteiger partial charge in [0, 0.05) is 23.7 Å². The number of amides is 1. The Balaban J connectivity index is 1.90. The van der Waals surface area contributed by atoms with Crippen molar-refractivity contribution < 1.29 is 17.6 Å². The first-order valence-electron chi connectivity index (χ1n) is 7.10. The van der Waals surface area contributed by atoms with Gasteiger partial charge in [-0.05, 0) is 48.9 Å². The Labute approximate surface area is 144 Å². The van der Waals surface area contributed by atoms with Crippen LogP contribution in [0.5, 0.6) is 0 Å². The molecule has 0 aliphatic heterocycles. The number of carbonyl (C=O) groups excluding carboxylic acids is 1. The molecule has 0 saturated heterocycles. The number of benzene rings is 2. The molecule has 0 aromatic heterocycles. The molecular weight excluding hydrogens is 355 g/mol. The average Bonchev–Trinajstić information content (AvgIpc) is 2.52. The molecule has 2 aromatic carbocycles. The molecule has 0 bridgehead atoms. The van der Waals surface area contributed by atoms with Gasteiger partial charge in [0.1, 0.15) is 5.82 Å². The maximum Gasteiger partial charge on any atom is 0.240 e. The van der Waals surface area contributed by atoms with Crippen molar-refractivity contribution in [3.8, 4) is 0 Å². The van der Waals surface area contributed by atoms with Crippen LogP contribution in [-0.2, 0) is 14.8 Å². The molecule has 0 heterocycles. The van der Waals surface area contributed by atoms with E-state index < -0.39 is 15.8 Å². The molecule has 0 aliphatic carbocycles. The highest BCUT2D eigenvalue weighted by atomic mass is 35.5. The lowest BCUT2D eigenvalue weighted by Crippen LogP contribution is -2.28. The third-order valence-electron chi connectivity index (χ3n) is 3.31. The number of anilines is 1. The fourth-order valence-corrected chi connectivity index (χ4v) is 3.16. The average molecular weight is 371 g/mol. The van der Waals surface area contributed by atoms with Gasteiger partial charge in [-0.3, -0.25) is 4.79 Å². The number of halogens is 2. The lowest BCUT2D eigenvalue weighted by molar-refractivity contribution is -0.116. The Hall–Kier alpha value is -1.96. The number of rotatable bonds is 6. The van der Waals surface area contributed by atoms with Crippen molar-refractivity contribution in [3.05, 3.63) is 58.9 Å². The van der Waals surface area contributed by atoms with Gasteiger partial charge < -0.3 is 5.32 Å². The molecule has 0 saturated carbocycles. The minimum Gasteiger partial charge on any atom is -0.326 e. The molecule has 2 N–H and O–H groups in total. The van der Waals surface area contributed by atoms with Crippen LogP contribution in [0.1, 0.15) is 12.0 Å². The summed E-state index contributed by atoms with van der Waals surface area (Å²) < 4.78 is 39.1. The molecule has 1 amide bonds. The Morgan fingerprint density at radius 1 is 1.17 bits per heavy atom. The fraction of sp³-hybridized carbons (Fsp3) is 0.188. The normalized spacial score (nSPS) is 11.3. The zero-order valence-electron chi connectivity index (χ0n) is 12.8. The lowest BCUT2D eigenvalue weighted by Gasteiger charge is -2.10. The monoisotopic (exact) mass is 370 g/mol. The summed E-state index contributed by atoms with van der Waals surface area (Å²) in [5.41, 5.74) is 1.31. The van der Waals surface area contributed by atoms with E-state index in [1.165, 1.54) is 0 Å². The topological polar surface area (TPSA) is 75.3 Å². The van der Waals surface area contributed by atoms with E-state index in [2.05, 4.69) is 10.0 Å². The molecule has 0 unspecified atom stereocenters. The molecule has 0 radical (unpaired) electrons. The molecule has 0 aliphatic rings. The summed E-state index contributed by atoms with van der Waals surface area (Å²) >= 11 is 5.97. The van der Waals surface area contributed by atoms with Crippen LogP contribution in [-0.4, -0.2) is 20.9 Å². The van der Waals surface area contributed by atoms with E-state index >= 15 is 0 Å². The van der Waals surface area contributed by atoms with Crippen molar-refractivity contribution >= 4 is 33.2 Å². The molecule has 128 valence electrons. The van der Waals surface area contributed by atoms with Gasteiger partial charge in [-0.2, -0.15) is 0 Å². The SMILES string of the molecule is Cc1c(Cl)cccc1NC(=O)CCNS(=O)(=O)c1ccc(F)cc1. The van der Waals surface area contributed by atoms with Gasteiger partial charge in [-0.1, -0.05) is 17.7 Å². The Kier molecular flexibility index (Phi) is 5.93. The van der Waals surface area contributed by atoms with Crippen LogP contribution in [0, 0.1) is 12.7 Å². The van der Waals surface area contributed by atoms with Crippen LogP contribution >= 0.6 is 11.6 Å². The van der Waals surface area contributed by atoms with Gasteiger partial charge in [0.25, 0.3) is 0 Å². The van der Waals surface area contributed by atoms with Crippen molar-refractivity contribution in [1.29, 1.82) is 0 Å². The summed E-state index contributed by atoms with van der Waals surface area (Å²) in [7, 11) is -3.78. The van der Waals surface area contributed by atoms with Gasteiger partial charge >= 0.3 is 0 Å². The first kappa shape index (κ1) is 18.4. The number of carbonyl (C=O) groups is 1. The minimum atomic E-state index is -3.78. The highest BCUT2D eigenvalue weighted by Gasteiger charge is 2.14. The quantitative estimate of drug-likeness (QED) is 0.820. The Bertz CT molecular complexity index is 839. The highest BCUT2D eigenvalue weighted by Crippen LogP contribution is 2.22. The largest absolute Gasteiger partial charge is 0.326 e. The molecule has 5 nitrogen and oxygen atoms in total. The zero-order chi connectivity index (χ0) is 17.7. The van der Waals surface area contributed by atoms with Crippen molar-refractivity contribution in [1.82, 2.24) is 4.72 Å². The third-order valence-corrected chi connectivity index (χ3v) is 5.20. The van der Waals surface area contributed by atoms with Gasteiger partial charge in [-0.15, -0.1) is 0 Å². The number of hydrogen-bond acceptors (Lipinski definition) is 3. The number of sulfonamides is 1. The van der Waals surface area contributed by atoms with Gasteiger partial charge in [0.15, 0.2) is 0 Å². The van der Waals surface area contributed by atoms with Gasteiger partial charge in [0.05, 0.1) is 4.90 Å². The van der Waals surface area contributed by atoms with Crippen molar-refractivity contribution in [2.75, 3.05) is 11.9 Å². The summed E-state index contributed by atoms with van der Waals surface area (Å²) in [4.78, 5) is 11.8. The predicted molar refractivity (Wildman–Crippen MR) is 91.0 cm³/mol. The van der Waals surface area contributed by atoms with Gasteiger partial charge in [0.2, 0.25) is 15.9 Å². The van der Waals surface area contributed by atoms with Crippen LogP contribution in [0.15, 0.2) is 47.4 Å². The second kappa shape index (κ2) is 7.74. The second-order valence-electron chi connectivity index (χ2n) is 5.06. The molecular formula is C16H16ClFN2O3S. The zero-order valence-corrected chi connectivity index (χ0v) is 14.4. The van der Waals surface area contributed by atoms with E-state index in [0.717, 1.165) is 29.8 Å².